The standard InChI is InChI=1S/C16H19ClOS/c1-2-14-7-8-15(19-14)10-12(11-18)9-13-5-3-4-6-16(13)17/h3-8,12,18H,2,9-11H2,1H3. The number of rotatable bonds is 6. The number of hydrogen-bond acceptors (Lipinski definition) is 2. The van der Waals surface area contributed by atoms with Gasteiger partial charge in [-0.05, 0) is 48.9 Å². The molecule has 2 rings (SSSR count). The molecule has 2 aromatic rings. The number of halogens is 1. The highest BCUT2D eigenvalue weighted by Gasteiger charge is 2.12. The fraction of sp³-hybridized carbons (Fsp3) is 0.375. The van der Waals surface area contributed by atoms with Crippen LogP contribution < -0.4 is 0 Å². The molecule has 0 bridgehead atoms. The summed E-state index contributed by atoms with van der Waals surface area (Å²) in [5, 5.41) is 10.4. The van der Waals surface area contributed by atoms with Crippen molar-refractivity contribution in [1.29, 1.82) is 0 Å². The molecule has 0 fully saturated rings. The van der Waals surface area contributed by atoms with E-state index in [1.165, 1.54) is 9.75 Å². The second-order valence-electron chi connectivity index (χ2n) is 4.77. The molecule has 1 heterocycles. The van der Waals surface area contributed by atoms with Gasteiger partial charge in [-0.1, -0.05) is 36.7 Å². The van der Waals surface area contributed by atoms with Crippen molar-refractivity contribution in [1.82, 2.24) is 0 Å². The first kappa shape index (κ1) is 14.6. The van der Waals surface area contributed by atoms with Crippen LogP contribution in [-0.4, -0.2) is 11.7 Å². The highest BCUT2D eigenvalue weighted by Crippen LogP contribution is 2.24. The highest BCUT2D eigenvalue weighted by molar-refractivity contribution is 7.11. The van der Waals surface area contributed by atoms with Crippen LogP contribution in [0.15, 0.2) is 36.4 Å². The van der Waals surface area contributed by atoms with Crippen LogP contribution in [0.4, 0.5) is 0 Å². The van der Waals surface area contributed by atoms with Crippen molar-refractivity contribution in [2.24, 2.45) is 5.92 Å². The van der Waals surface area contributed by atoms with Gasteiger partial charge in [0.2, 0.25) is 0 Å². The Morgan fingerprint density at radius 2 is 1.84 bits per heavy atom. The summed E-state index contributed by atoms with van der Waals surface area (Å²) < 4.78 is 0. The number of aliphatic hydroxyl groups is 1. The van der Waals surface area contributed by atoms with Crippen LogP contribution in [0.2, 0.25) is 5.02 Å². The fourth-order valence-corrected chi connectivity index (χ4v) is 3.47. The maximum absolute atomic E-state index is 9.57. The first-order chi connectivity index (χ1) is 9.22. The van der Waals surface area contributed by atoms with Crippen LogP contribution in [-0.2, 0) is 19.3 Å². The van der Waals surface area contributed by atoms with Gasteiger partial charge in [-0.3, -0.25) is 0 Å². The zero-order valence-electron chi connectivity index (χ0n) is 11.1. The topological polar surface area (TPSA) is 20.2 Å². The molecule has 1 nitrogen and oxygen atoms in total. The SMILES string of the molecule is CCc1ccc(CC(CO)Cc2ccccc2Cl)s1. The lowest BCUT2D eigenvalue weighted by molar-refractivity contribution is 0.225. The molecular formula is C16H19ClOS. The minimum Gasteiger partial charge on any atom is -0.396 e. The van der Waals surface area contributed by atoms with Crippen molar-refractivity contribution in [2.45, 2.75) is 26.2 Å². The number of hydrogen-bond donors (Lipinski definition) is 1. The normalized spacial score (nSPS) is 12.6. The van der Waals surface area contributed by atoms with Gasteiger partial charge in [0.05, 0.1) is 0 Å². The van der Waals surface area contributed by atoms with E-state index in [0.29, 0.717) is 0 Å². The number of aliphatic hydroxyl groups excluding tert-OH is 1. The van der Waals surface area contributed by atoms with Crippen LogP contribution in [0.25, 0.3) is 0 Å². The quantitative estimate of drug-likeness (QED) is 0.839. The summed E-state index contributed by atoms with van der Waals surface area (Å²) in [6.45, 7) is 2.37. The van der Waals surface area contributed by atoms with Gasteiger partial charge in [-0.15, -0.1) is 11.3 Å². The van der Waals surface area contributed by atoms with Crippen molar-refractivity contribution < 1.29 is 5.11 Å². The molecule has 0 spiro atoms. The van der Waals surface area contributed by atoms with E-state index in [9.17, 15) is 5.11 Å². The van der Waals surface area contributed by atoms with Gasteiger partial charge in [-0.2, -0.15) is 0 Å². The zero-order valence-corrected chi connectivity index (χ0v) is 12.7. The molecule has 1 unspecified atom stereocenters. The number of thiophene rings is 1. The molecule has 0 aliphatic rings. The summed E-state index contributed by atoms with van der Waals surface area (Å²) in [6.07, 6.45) is 2.83. The van der Waals surface area contributed by atoms with Crippen LogP contribution in [0.1, 0.15) is 22.2 Å². The van der Waals surface area contributed by atoms with E-state index in [2.05, 4.69) is 19.1 Å². The van der Waals surface area contributed by atoms with Gasteiger partial charge in [0.25, 0.3) is 0 Å². The predicted octanol–water partition coefficient (Wildman–Crippen LogP) is 4.36. The number of benzene rings is 1. The molecule has 19 heavy (non-hydrogen) atoms. The van der Waals surface area contributed by atoms with Gasteiger partial charge in [-0.25, -0.2) is 0 Å². The van der Waals surface area contributed by atoms with Crippen molar-refractivity contribution in [3.05, 3.63) is 56.7 Å². The summed E-state index contributed by atoms with van der Waals surface area (Å²) in [4.78, 5) is 2.76. The molecule has 0 amide bonds. The summed E-state index contributed by atoms with van der Waals surface area (Å²) in [6, 6.07) is 12.2. The maximum atomic E-state index is 9.57. The van der Waals surface area contributed by atoms with E-state index >= 15 is 0 Å². The van der Waals surface area contributed by atoms with Crippen molar-refractivity contribution in [3.63, 3.8) is 0 Å². The van der Waals surface area contributed by atoms with E-state index in [0.717, 1.165) is 29.8 Å². The highest BCUT2D eigenvalue weighted by atomic mass is 35.5. The second-order valence-corrected chi connectivity index (χ2v) is 6.43. The second kappa shape index (κ2) is 7.09. The van der Waals surface area contributed by atoms with Gasteiger partial charge in [0, 0.05) is 21.4 Å². The van der Waals surface area contributed by atoms with Crippen molar-refractivity contribution in [2.75, 3.05) is 6.61 Å². The Kier molecular flexibility index (Phi) is 5.44. The van der Waals surface area contributed by atoms with Crippen LogP contribution in [0.5, 0.6) is 0 Å². The molecular weight excluding hydrogens is 276 g/mol. The molecule has 1 aromatic carbocycles. The van der Waals surface area contributed by atoms with E-state index in [1.807, 2.05) is 35.6 Å². The van der Waals surface area contributed by atoms with Crippen molar-refractivity contribution in [3.8, 4) is 0 Å². The molecule has 0 radical (unpaired) electrons. The largest absolute Gasteiger partial charge is 0.396 e. The minimum atomic E-state index is 0.199. The van der Waals surface area contributed by atoms with Crippen LogP contribution in [0, 0.1) is 5.92 Å². The maximum Gasteiger partial charge on any atom is 0.0465 e. The molecule has 1 N–H and O–H groups in total. The van der Waals surface area contributed by atoms with Crippen LogP contribution >= 0.6 is 22.9 Å². The summed E-state index contributed by atoms with van der Waals surface area (Å²) in [7, 11) is 0. The Bertz CT molecular complexity index is 521. The Labute approximate surface area is 123 Å². The molecule has 0 saturated carbocycles. The molecule has 3 heteroatoms. The average Bonchev–Trinajstić information content (AvgIpc) is 2.88. The third kappa shape index (κ3) is 4.07. The lowest BCUT2D eigenvalue weighted by atomic mass is 9.96. The number of aryl methyl sites for hydroxylation is 1. The molecule has 1 atom stereocenters. The van der Waals surface area contributed by atoms with Gasteiger partial charge in [0.15, 0.2) is 0 Å². The first-order valence-corrected chi connectivity index (χ1v) is 7.84. The summed E-state index contributed by atoms with van der Waals surface area (Å²) in [5.41, 5.74) is 1.12. The first-order valence-electron chi connectivity index (χ1n) is 6.64. The monoisotopic (exact) mass is 294 g/mol. The fourth-order valence-electron chi connectivity index (χ4n) is 2.18. The lowest BCUT2D eigenvalue weighted by Crippen LogP contribution is -2.12. The molecule has 102 valence electrons. The lowest BCUT2D eigenvalue weighted by Gasteiger charge is -2.14. The van der Waals surface area contributed by atoms with Gasteiger partial charge < -0.3 is 5.11 Å². The molecule has 0 saturated heterocycles. The third-order valence-electron chi connectivity index (χ3n) is 3.28. The van der Waals surface area contributed by atoms with Gasteiger partial charge >= 0.3 is 0 Å². The Hall–Kier alpha value is -0.830. The Morgan fingerprint density at radius 3 is 2.47 bits per heavy atom. The Balaban J connectivity index is 2.02. The molecule has 0 aliphatic carbocycles. The van der Waals surface area contributed by atoms with E-state index in [-0.39, 0.29) is 12.5 Å². The third-order valence-corrected chi connectivity index (χ3v) is 4.90. The van der Waals surface area contributed by atoms with E-state index < -0.39 is 0 Å². The average molecular weight is 295 g/mol. The van der Waals surface area contributed by atoms with E-state index in [1.54, 1.807) is 0 Å². The molecule has 1 aromatic heterocycles. The predicted molar refractivity (Wildman–Crippen MR) is 83.1 cm³/mol. The van der Waals surface area contributed by atoms with Gasteiger partial charge in [0.1, 0.15) is 0 Å². The van der Waals surface area contributed by atoms with E-state index in [4.69, 9.17) is 11.6 Å². The minimum absolute atomic E-state index is 0.199. The summed E-state index contributed by atoms with van der Waals surface area (Å²) >= 11 is 8.02. The molecule has 0 aliphatic heterocycles. The zero-order chi connectivity index (χ0) is 13.7. The Morgan fingerprint density at radius 1 is 1.11 bits per heavy atom. The van der Waals surface area contributed by atoms with Crippen LogP contribution in [0.3, 0.4) is 0 Å². The smallest absolute Gasteiger partial charge is 0.0465 e. The summed E-state index contributed by atoms with van der Waals surface area (Å²) in [5.74, 6) is 0.239. The van der Waals surface area contributed by atoms with Crippen molar-refractivity contribution >= 4 is 22.9 Å².